The van der Waals surface area contributed by atoms with Gasteiger partial charge in [-0.05, 0) is 30.5 Å². The molecule has 2 aliphatic rings. The van der Waals surface area contributed by atoms with Crippen LogP contribution in [0.3, 0.4) is 0 Å². The fraction of sp³-hybridized carbons (Fsp3) is 0.529. The molecular weight excluding hydrogens is 337 g/mol. The van der Waals surface area contributed by atoms with Crippen LogP contribution >= 0.6 is 0 Å². The van der Waals surface area contributed by atoms with E-state index in [2.05, 4.69) is 4.74 Å². The number of hydrogen-bond acceptors (Lipinski definition) is 4. The van der Waals surface area contributed by atoms with E-state index in [0.29, 0.717) is 4.90 Å². The highest BCUT2D eigenvalue weighted by Crippen LogP contribution is 2.55. The van der Waals surface area contributed by atoms with Gasteiger partial charge in [-0.25, -0.2) is 4.79 Å². The van der Waals surface area contributed by atoms with Crippen molar-refractivity contribution in [2.45, 2.75) is 44.1 Å². The van der Waals surface area contributed by atoms with Gasteiger partial charge in [-0.2, -0.15) is 13.2 Å². The van der Waals surface area contributed by atoms with Crippen molar-refractivity contribution in [3.8, 4) is 0 Å². The minimum Gasteiger partial charge on any atom is -0.467 e. The molecule has 0 bridgehead atoms. The summed E-state index contributed by atoms with van der Waals surface area (Å²) in [6.45, 7) is 3.67. The topological polar surface area (TPSA) is 49.9 Å². The Morgan fingerprint density at radius 1 is 1.32 bits per heavy atom. The number of likely N-dealkylation sites (N-methyl/N-ethyl adjacent to an activating group) is 1. The van der Waals surface area contributed by atoms with Gasteiger partial charge in [-0.15, -0.1) is 0 Å². The molecule has 1 aromatic rings. The molecule has 1 aromatic carbocycles. The SMILES string of the molecule is COC(=O)[C@@H]1C[C@@]2(C)c3c(C)cccc3N(C)[C@H]2N1C(=O)C(F)(F)F. The molecule has 0 spiro atoms. The minimum absolute atomic E-state index is 0.0777. The van der Waals surface area contributed by atoms with Gasteiger partial charge in [0.15, 0.2) is 0 Å². The monoisotopic (exact) mass is 356 g/mol. The second-order valence-corrected chi connectivity index (χ2v) is 6.82. The van der Waals surface area contributed by atoms with E-state index < -0.39 is 35.7 Å². The van der Waals surface area contributed by atoms with Gasteiger partial charge in [0, 0.05) is 18.2 Å². The van der Waals surface area contributed by atoms with Crippen LogP contribution in [-0.2, 0) is 19.7 Å². The van der Waals surface area contributed by atoms with E-state index in [-0.39, 0.29) is 6.42 Å². The molecule has 5 nitrogen and oxygen atoms in total. The van der Waals surface area contributed by atoms with Crippen LogP contribution in [-0.4, -0.2) is 49.3 Å². The molecule has 3 rings (SSSR count). The van der Waals surface area contributed by atoms with E-state index in [9.17, 15) is 22.8 Å². The average molecular weight is 356 g/mol. The quantitative estimate of drug-likeness (QED) is 0.725. The van der Waals surface area contributed by atoms with Crippen molar-refractivity contribution in [2.75, 3.05) is 19.1 Å². The van der Waals surface area contributed by atoms with Gasteiger partial charge < -0.3 is 9.64 Å². The van der Waals surface area contributed by atoms with Crippen LogP contribution in [0.1, 0.15) is 24.5 Å². The number of fused-ring (bicyclic) bond motifs is 3. The Labute approximate surface area is 143 Å². The zero-order chi connectivity index (χ0) is 18.7. The molecule has 2 aliphatic heterocycles. The van der Waals surface area contributed by atoms with Crippen molar-refractivity contribution in [2.24, 2.45) is 0 Å². The maximum absolute atomic E-state index is 13.2. The third-order valence-electron chi connectivity index (χ3n) is 5.31. The summed E-state index contributed by atoms with van der Waals surface area (Å²) in [5.74, 6) is -2.86. The first-order valence-corrected chi connectivity index (χ1v) is 7.84. The summed E-state index contributed by atoms with van der Waals surface area (Å²) < 4.78 is 44.3. The Balaban J connectivity index is 2.18. The Bertz CT molecular complexity index is 749. The van der Waals surface area contributed by atoms with Crippen LogP contribution in [0.5, 0.6) is 0 Å². The molecule has 1 fully saturated rings. The first-order valence-electron chi connectivity index (χ1n) is 7.84. The van der Waals surface area contributed by atoms with Crippen LogP contribution in [0, 0.1) is 6.92 Å². The number of rotatable bonds is 1. The van der Waals surface area contributed by atoms with E-state index in [1.165, 1.54) is 0 Å². The maximum Gasteiger partial charge on any atom is 0.471 e. The van der Waals surface area contributed by atoms with Crippen molar-refractivity contribution in [1.82, 2.24) is 4.90 Å². The minimum atomic E-state index is -5.07. The van der Waals surface area contributed by atoms with Gasteiger partial charge in [0.2, 0.25) is 0 Å². The molecule has 1 saturated heterocycles. The maximum atomic E-state index is 13.2. The third-order valence-corrected chi connectivity index (χ3v) is 5.31. The second kappa shape index (κ2) is 5.37. The van der Waals surface area contributed by atoms with Crippen molar-refractivity contribution >= 4 is 17.6 Å². The Morgan fingerprint density at radius 3 is 2.52 bits per heavy atom. The van der Waals surface area contributed by atoms with Crippen LogP contribution in [0.4, 0.5) is 18.9 Å². The highest BCUT2D eigenvalue weighted by Gasteiger charge is 2.64. The predicted molar refractivity (Wildman–Crippen MR) is 84.0 cm³/mol. The zero-order valence-electron chi connectivity index (χ0n) is 14.3. The zero-order valence-corrected chi connectivity index (χ0v) is 14.3. The van der Waals surface area contributed by atoms with Crippen LogP contribution in [0.25, 0.3) is 0 Å². The summed E-state index contributed by atoms with van der Waals surface area (Å²) in [6.07, 6.45) is -5.89. The molecule has 25 heavy (non-hydrogen) atoms. The molecule has 8 heteroatoms. The molecule has 2 heterocycles. The third kappa shape index (κ3) is 2.30. The van der Waals surface area contributed by atoms with Crippen molar-refractivity contribution in [1.29, 1.82) is 0 Å². The lowest BCUT2D eigenvalue weighted by molar-refractivity contribution is -0.190. The lowest BCUT2D eigenvalue weighted by atomic mass is 9.78. The number of aryl methyl sites for hydroxylation is 1. The summed E-state index contributed by atoms with van der Waals surface area (Å²) in [7, 11) is 2.75. The number of amides is 1. The molecule has 0 unspecified atom stereocenters. The number of hydrogen-bond donors (Lipinski definition) is 0. The Kier molecular flexibility index (Phi) is 3.78. The number of anilines is 1. The summed E-state index contributed by atoms with van der Waals surface area (Å²) in [5, 5.41) is 0. The van der Waals surface area contributed by atoms with Crippen molar-refractivity contribution in [3.05, 3.63) is 29.3 Å². The van der Waals surface area contributed by atoms with Gasteiger partial charge in [0.05, 0.1) is 7.11 Å². The van der Waals surface area contributed by atoms with Gasteiger partial charge in [0.1, 0.15) is 12.2 Å². The van der Waals surface area contributed by atoms with Gasteiger partial charge in [-0.3, -0.25) is 9.69 Å². The van der Waals surface area contributed by atoms with Gasteiger partial charge >= 0.3 is 18.1 Å². The molecule has 136 valence electrons. The fourth-order valence-corrected chi connectivity index (χ4v) is 4.48. The molecule has 1 amide bonds. The highest BCUT2D eigenvalue weighted by atomic mass is 19.4. The van der Waals surface area contributed by atoms with E-state index in [1.54, 1.807) is 18.9 Å². The predicted octanol–water partition coefficient (Wildman–Crippen LogP) is 2.36. The van der Waals surface area contributed by atoms with E-state index in [0.717, 1.165) is 23.9 Å². The summed E-state index contributed by atoms with van der Waals surface area (Å²) in [5.41, 5.74) is 1.76. The lowest BCUT2D eigenvalue weighted by Gasteiger charge is -2.36. The van der Waals surface area contributed by atoms with Crippen LogP contribution in [0.2, 0.25) is 0 Å². The summed E-state index contributed by atoms with van der Waals surface area (Å²) in [4.78, 5) is 26.6. The van der Waals surface area contributed by atoms with Gasteiger partial charge in [-0.1, -0.05) is 19.1 Å². The molecule has 3 atom stereocenters. The number of alkyl halides is 3. The summed E-state index contributed by atoms with van der Waals surface area (Å²) >= 11 is 0. The molecule has 0 N–H and O–H groups in total. The van der Waals surface area contributed by atoms with Crippen molar-refractivity contribution < 1.29 is 27.5 Å². The van der Waals surface area contributed by atoms with Crippen LogP contribution < -0.4 is 4.90 Å². The van der Waals surface area contributed by atoms with Crippen molar-refractivity contribution in [3.63, 3.8) is 0 Å². The summed E-state index contributed by atoms with van der Waals surface area (Å²) in [6, 6.07) is 4.24. The molecule has 0 aromatic heterocycles. The number of carbonyl (C=O) groups is 2. The Morgan fingerprint density at radius 2 is 1.96 bits per heavy atom. The number of halogens is 3. The van der Waals surface area contributed by atoms with E-state index in [4.69, 9.17) is 0 Å². The van der Waals surface area contributed by atoms with E-state index in [1.807, 2.05) is 25.1 Å². The average Bonchev–Trinajstić information content (AvgIpc) is 2.95. The fourth-order valence-electron chi connectivity index (χ4n) is 4.48. The standard InChI is InChI=1S/C17H19F3N2O3/c1-9-6-5-7-10-12(9)16(2)8-11(13(23)25-4)22(14(16)21(10)3)15(24)17(18,19)20/h5-7,11,14H,8H2,1-4H3/t11-,14-,16-/m0/s1. The first kappa shape index (κ1) is 17.6. The number of methoxy groups -OCH3 is 1. The number of benzene rings is 1. The number of carbonyl (C=O) groups excluding carboxylic acids is 2. The van der Waals surface area contributed by atoms with Gasteiger partial charge in [0.25, 0.3) is 0 Å². The molecule has 0 aliphatic carbocycles. The number of esters is 1. The van der Waals surface area contributed by atoms with E-state index >= 15 is 0 Å². The smallest absolute Gasteiger partial charge is 0.467 e. The normalized spacial score (nSPS) is 28.0. The number of likely N-dealkylation sites (tertiary alicyclic amines) is 1. The highest BCUT2D eigenvalue weighted by molar-refractivity contribution is 5.90. The first-order chi connectivity index (χ1) is 11.5. The molecule has 0 radical (unpaired) electrons. The van der Waals surface area contributed by atoms with Crippen LogP contribution in [0.15, 0.2) is 18.2 Å². The molecular formula is C17H19F3N2O3. The lowest BCUT2D eigenvalue weighted by Crippen LogP contribution is -2.56. The largest absolute Gasteiger partial charge is 0.471 e. The number of ether oxygens (including phenoxy) is 1. The Hall–Kier alpha value is -2.25. The number of nitrogens with zero attached hydrogens (tertiary/aromatic N) is 2. The molecule has 0 saturated carbocycles. The second-order valence-electron chi connectivity index (χ2n) is 6.82.